The van der Waals surface area contributed by atoms with Crippen LogP contribution in [-0.2, 0) is 9.59 Å². The maximum absolute atomic E-state index is 12.7. The predicted molar refractivity (Wildman–Crippen MR) is 111 cm³/mol. The van der Waals surface area contributed by atoms with Gasteiger partial charge in [0.25, 0.3) is 0 Å². The van der Waals surface area contributed by atoms with E-state index in [1.165, 1.54) is 5.56 Å². The minimum absolute atomic E-state index is 0.0620. The molecule has 1 aromatic carbocycles. The van der Waals surface area contributed by atoms with Crippen LogP contribution in [0.3, 0.4) is 0 Å². The second-order valence-corrected chi connectivity index (χ2v) is 7.93. The third-order valence-electron chi connectivity index (χ3n) is 4.18. The van der Waals surface area contributed by atoms with Gasteiger partial charge in [-0.3, -0.25) is 14.5 Å². The first-order chi connectivity index (χ1) is 12.9. The van der Waals surface area contributed by atoms with E-state index >= 15 is 0 Å². The third kappa shape index (κ3) is 6.81. The normalized spacial score (nSPS) is 12.2. The summed E-state index contributed by atoms with van der Waals surface area (Å²) in [5.74, 6) is -0.152. The summed E-state index contributed by atoms with van der Waals surface area (Å²) in [5, 5.41) is 8.01. The summed E-state index contributed by atoms with van der Waals surface area (Å²) >= 11 is 1.62. The highest BCUT2D eigenvalue weighted by Gasteiger charge is 2.20. The van der Waals surface area contributed by atoms with Crippen molar-refractivity contribution in [2.45, 2.75) is 39.8 Å². The van der Waals surface area contributed by atoms with Gasteiger partial charge in [-0.1, -0.05) is 42.8 Å². The average molecular weight is 388 g/mol. The van der Waals surface area contributed by atoms with E-state index in [-0.39, 0.29) is 37.0 Å². The Morgan fingerprint density at radius 1 is 1.04 bits per heavy atom. The van der Waals surface area contributed by atoms with Crippen molar-refractivity contribution in [3.63, 3.8) is 0 Å². The fourth-order valence-corrected chi connectivity index (χ4v) is 3.60. The molecule has 0 fully saturated rings. The van der Waals surface area contributed by atoms with Gasteiger partial charge in [0.1, 0.15) is 0 Å². The summed E-state index contributed by atoms with van der Waals surface area (Å²) < 4.78 is 0. The van der Waals surface area contributed by atoms with Crippen LogP contribution in [0.25, 0.3) is 0 Å². The van der Waals surface area contributed by atoms with Gasteiger partial charge in [-0.2, -0.15) is 0 Å². The minimum Gasteiger partial charge on any atom is -0.353 e. The predicted octanol–water partition coefficient (Wildman–Crippen LogP) is 3.11. The van der Waals surface area contributed by atoms with E-state index in [4.69, 9.17) is 0 Å². The molecule has 1 heterocycles. The van der Waals surface area contributed by atoms with Gasteiger partial charge in [0.2, 0.25) is 11.8 Å². The van der Waals surface area contributed by atoms with Crippen molar-refractivity contribution in [2.24, 2.45) is 0 Å². The molecule has 2 aromatic rings. The Hall–Kier alpha value is -2.18. The fourth-order valence-electron chi connectivity index (χ4n) is 2.79. The van der Waals surface area contributed by atoms with Gasteiger partial charge in [-0.05, 0) is 44.3 Å². The molecule has 5 nitrogen and oxygen atoms in total. The van der Waals surface area contributed by atoms with Gasteiger partial charge in [0.15, 0.2) is 0 Å². The molecule has 0 aliphatic rings. The largest absolute Gasteiger partial charge is 0.353 e. The molecule has 2 amide bonds. The Kier molecular flexibility index (Phi) is 8.00. The number of carbonyl (C=O) groups excluding carboxylic acids is 2. The molecule has 0 saturated heterocycles. The van der Waals surface area contributed by atoms with E-state index in [9.17, 15) is 9.59 Å². The molecule has 0 spiro atoms. The molecule has 1 unspecified atom stereocenters. The number of thiophene rings is 1. The molecular weight excluding hydrogens is 358 g/mol. The second kappa shape index (κ2) is 10.2. The lowest BCUT2D eigenvalue weighted by Crippen LogP contribution is -2.44. The first kappa shape index (κ1) is 21.1. The van der Waals surface area contributed by atoms with Gasteiger partial charge in [-0.25, -0.2) is 0 Å². The molecule has 2 N–H and O–H groups in total. The average Bonchev–Trinajstić information content (AvgIpc) is 3.13. The lowest BCUT2D eigenvalue weighted by molar-refractivity contribution is -0.125. The molecule has 2 rings (SSSR count). The molecule has 0 bridgehead atoms. The van der Waals surface area contributed by atoms with Gasteiger partial charge < -0.3 is 10.6 Å². The van der Waals surface area contributed by atoms with Crippen molar-refractivity contribution < 1.29 is 9.59 Å². The first-order valence-electron chi connectivity index (χ1n) is 9.30. The molecule has 27 heavy (non-hydrogen) atoms. The van der Waals surface area contributed by atoms with Crippen LogP contribution in [0, 0.1) is 6.92 Å². The number of nitrogens with one attached hydrogen (secondary N) is 2. The number of aryl methyl sites for hydroxylation is 1. The number of likely N-dealkylation sites (N-methyl/N-ethyl adjacent to an activating group) is 1. The summed E-state index contributed by atoms with van der Waals surface area (Å²) in [7, 11) is 0. The molecule has 0 radical (unpaired) electrons. The fraction of sp³-hybridized carbons (Fsp3) is 0.429. The SMILES string of the molecule is CCN(CC(=O)NC(C)C)CC(=O)NC(c1ccc(C)cc1)c1cccs1. The van der Waals surface area contributed by atoms with Crippen LogP contribution in [0.15, 0.2) is 41.8 Å². The number of hydrogen-bond donors (Lipinski definition) is 2. The van der Waals surface area contributed by atoms with Crippen LogP contribution in [0.1, 0.15) is 42.8 Å². The standard InChI is InChI=1S/C21H29N3O2S/c1-5-24(13-19(25)22-15(2)3)14-20(26)23-21(18-7-6-12-27-18)17-10-8-16(4)9-11-17/h6-12,15,21H,5,13-14H2,1-4H3,(H,22,25)(H,23,26). The van der Waals surface area contributed by atoms with Crippen LogP contribution in [0.4, 0.5) is 0 Å². The van der Waals surface area contributed by atoms with Crippen LogP contribution in [-0.4, -0.2) is 42.4 Å². The zero-order chi connectivity index (χ0) is 19.8. The first-order valence-corrected chi connectivity index (χ1v) is 10.2. The van der Waals surface area contributed by atoms with Crippen LogP contribution >= 0.6 is 11.3 Å². The molecule has 146 valence electrons. The van der Waals surface area contributed by atoms with Gasteiger partial charge in [0.05, 0.1) is 19.1 Å². The van der Waals surface area contributed by atoms with E-state index in [0.29, 0.717) is 6.54 Å². The molecule has 0 aliphatic heterocycles. The van der Waals surface area contributed by atoms with Crippen LogP contribution < -0.4 is 10.6 Å². The molecule has 0 aliphatic carbocycles. The van der Waals surface area contributed by atoms with Crippen molar-refractivity contribution in [1.29, 1.82) is 0 Å². The zero-order valence-corrected chi connectivity index (χ0v) is 17.3. The van der Waals surface area contributed by atoms with Crippen molar-refractivity contribution in [1.82, 2.24) is 15.5 Å². The Balaban J connectivity index is 2.04. The molecular formula is C21H29N3O2S. The highest BCUT2D eigenvalue weighted by atomic mass is 32.1. The lowest BCUT2D eigenvalue weighted by Gasteiger charge is -2.23. The van der Waals surface area contributed by atoms with Crippen molar-refractivity contribution >= 4 is 23.2 Å². The Labute approximate surface area is 165 Å². The molecule has 0 saturated carbocycles. The number of amides is 2. The Bertz CT molecular complexity index is 726. The van der Waals surface area contributed by atoms with Gasteiger partial charge >= 0.3 is 0 Å². The summed E-state index contributed by atoms with van der Waals surface area (Å²) in [5.41, 5.74) is 2.24. The van der Waals surface area contributed by atoms with E-state index in [0.717, 1.165) is 10.4 Å². The van der Waals surface area contributed by atoms with Crippen LogP contribution in [0.5, 0.6) is 0 Å². The summed E-state index contributed by atoms with van der Waals surface area (Å²) in [6.45, 7) is 8.89. The van der Waals surface area contributed by atoms with Crippen molar-refractivity contribution in [2.75, 3.05) is 19.6 Å². The number of carbonyl (C=O) groups is 2. The number of nitrogens with zero attached hydrogens (tertiary/aromatic N) is 1. The molecule has 6 heteroatoms. The Morgan fingerprint density at radius 3 is 2.19 bits per heavy atom. The van der Waals surface area contributed by atoms with Gasteiger partial charge in [-0.15, -0.1) is 11.3 Å². The smallest absolute Gasteiger partial charge is 0.234 e. The number of benzene rings is 1. The van der Waals surface area contributed by atoms with Crippen molar-refractivity contribution in [3.8, 4) is 0 Å². The maximum atomic E-state index is 12.7. The topological polar surface area (TPSA) is 61.4 Å². The van der Waals surface area contributed by atoms with Crippen molar-refractivity contribution in [3.05, 3.63) is 57.8 Å². The second-order valence-electron chi connectivity index (χ2n) is 6.95. The number of hydrogen-bond acceptors (Lipinski definition) is 4. The highest BCUT2D eigenvalue weighted by molar-refractivity contribution is 7.10. The van der Waals surface area contributed by atoms with Crippen LogP contribution in [0.2, 0.25) is 0 Å². The molecule has 1 aromatic heterocycles. The van der Waals surface area contributed by atoms with E-state index in [1.54, 1.807) is 11.3 Å². The van der Waals surface area contributed by atoms with Gasteiger partial charge in [0, 0.05) is 10.9 Å². The van der Waals surface area contributed by atoms with E-state index in [1.807, 2.05) is 62.2 Å². The molecule has 1 atom stereocenters. The summed E-state index contributed by atoms with van der Waals surface area (Å²) in [6.07, 6.45) is 0. The third-order valence-corrected chi connectivity index (χ3v) is 5.11. The minimum atomic E-state index is -0.179. The summed E-state index contributed by atoms with van der Waals surface area (Å²) in [6, 6.07) is 12.1. The maximum Gasteiger partial charge on any atom is 0.234 e. The zero-order valence-electron chi connectivity index (χ0n) is 16.5. The Morgan fingerprint density at radius 2 is 1.67 bits per heavy atom. The lowest BCUT2D eigenvalue weighted by atomic mass is 10.0. The summed E-state index contributed by atoms with van der Waals surface area (Å²) in [4.78, 5) is 27.6. The van der Waals surface area contributed by atoms with E-state index < -0.39 is 0 Å². The number of rotatable bonds is 9. The quantitative estimate of drug-likeness (QED) is 0.695. The van der Waals surface area contributed by atoms with E-state index in [2.05, 4.69) is 22.8 Å². The monoisotopic (exact) mass is 387 g/mol. The highest BCUT2D eigenvalue weighted by Crippen LogP contribution is 2.26.